The summed E-state index contributed by atoms with van der Waals surface area (Å²) in [4.78, 5) is 52.4. The number of carbonyl (C=O) groups excluding carboxylic acids is 4. The highest BCUT2D eigenvalue weighted by Gasteiger charge is 2.43. The molecule has 3 saturated heterocycles. The van der Waals surface area contributed by atoms with Crippen LogP contribution in [-0.2, 0) is 14.4 Å². The van der Waals surface area contributed by atoms with E-state index in [1.165, 1.54) is 0 Å². The molecule has 0 unspecified atom stereocenters. The molecular weight excluding hydrogens is 314 g/mol. The highest BCUT2D eigenvalue weighted by molar-refractivity contribution is 6.04. The fraction of sp³-hybridized carbons (Fsp3) is 0.733. The quantitative estimate of drug-likeness (QED) is 0.588. The molecule has 9 heteroatoms. The van der Waals surface area contributed by atoms with Crippen molar-refractivity contribution < 1.29 is 19.2 Å². The van der Waals surface area contributed by atoms with Crippen molar-refractivity contribution in [2.45, 2.75) is 24.8 Å². The van der Waals surface area contributed by atoms with Crippen molar-refractivity contribution in [3.63, 3.8) is 0 Å². The van der Waals surface area contributed by atoms with Crippen LogP contribution in [-0.4, -0.2) is 90.3 Å². The Morgan fingerprint density at radius 2 is 1.96 bits per heavy atom. The van der Waals surface area contributed by atoms with Crippen LogP contribution in [0.25, 0.3) is 0 Å². The van der Waals surface area contributed by atoms with Crippen molar-refractivity contribution in [1.29, 1.82) is 0 Å². The molecule has 3 aliphatic rings. The number of amides is 5. The van der Waals surface area contributed by atoms with Crippen molar-refractivity contribution in [3.05, 3.63) is 0 Å². The third-order valence-electron chi connectivity index (χ3n) is 5.31. The smallest absolute Gasteiger partial charge is 0.325 e. The molecule has 3 heterocycles. The van der Waals surface area contributed by atoms with Crippen LogP contribution in [0.5, 0.6) is 0 Å². The van der Waals surface area contributed by atoms with Crippen LogP contribution in [0.2, 0.25) is 0 Å². The van der Waals surface area contributed by atoms with Gasteiger partial charge in [0.15, 0.2) is 0 Å². The van der Waals surface area contributed by atoms with E-state index in [1.807, 2.05) is 7.05 Å². The van der Waals surface area contributed by atoms with Gasteiger partial charge in [-0.2, -0.15) is 0 Å². The maximum atomic E-state index is 12.6. The summed E-state index contributed by atoms with van der Waals surface area (Å²) in [6.45, 7) is 2.11. The Hall–Kier alpha value is -2.16. The van der Waals surface area contributed by atoms with Crippen LogP contribution in [0.1, 0.15) is 19.3 Å². The first-order valence-electron chi connectivity index (χ1n) is 8.25. The third kappa shape index (κ3) is 3.08. The SMILES string of the molecule is CN1CCN(C(=O)CN2C(=O)CNC2=O)C[C@@]12CCNC(=O)CC2. The summed E-state index contributed by atoms with van der Waals surface area (Å²) in [6, 6.07) is -0.513. The molecule has 0 saturated carbocycles. The topological polar surface area (TPSA) is 102 Å². The number of urea groups is 1. The van der Waals surface area contributed by atoms with Crippen LogP contribution in [0.15, 0.2) is 0 Å². The van der Waals surface area contributed by atoms with Crippen molar-refractivity contribution in [2.24, 2.45) is 0 Å². The molecule has 3 fully saturated rings. The van der Waals surface area contributed by atoms with E-state index < -0.39 is 6.03 Å². The lowest BCUT2D eigenvalue weighted by atomic mass is 9.86. The van der Waals surface area contributed by atoms with E-state index in [-0.39, 0.29) is 36.3 Å². The van der Waals surface area contributed by atoms with E-state index in [2.05, 4.69) is 15.5 Å². The van der Waals surface area contributed by atoms with Gasteiger partial charge in [-0.1, -0.05) is 0 Å². The number of carbonyl (C=O) groups is 4. The number of hydrogen-bond acceptors (Lipinski definition) is 5. The summed E-state index contributed by atoms with van der Waals surface area (Å²) in [6.07, 6.45) is 1.92. The van der Waals surface area contributed by atoms with Gasteiger partial charge in [-0.15, -0.1) is 0 Å². The molecule has 0 radical (unpaired) electrons. The summed E-state index contributed by atoms with van der Waals surface area (Å²) >= 11 is 0. The van der Waals surface area contributed by atoms with E-state index in [1.54, 1.807) is 4.90 Å². The minimum absolute atomic E-state index is 0.0445. The van der Waals surface area contributed by atoms with Crippen LogP contribution in [0.4, 0.5) is 4.79 Å². The first-order valence-corrected chi connectivity index (χ1v) is 8.25. The predicted octanol–water partition coefficient (Wildman–Crippen LogP) is -1.65. The zero-order valence-corrected chi connectivity index (χ0v) is 13.8. The maximum absolute atomic E-state index is 12.6. The fourth-order valence-electron chi connectivity index (χ4n) is 3.66. The number of nitrogens with zero attached hydrogens (tertiary/aromatic N) is 3. The summed E-state index contributed by atoms with van der Waals surface area (Å²) in [5, 5.41) is 5.29. The van der Waals surface area contributed by atoms with Gasteiger partial charge in [0.25, 0.3) is 5.91 Å². The molecule has 0 aromatic heterocycles. The highest BCUT2D eigenvalue weighted by Crippen LogP contribution is 2.30. The van der Waals surface area contributed by atoms with Gasteiger partial charge in [-0.25, -0.2) is 4.79 Å². The highest BCUT2D eigenvalue weighted by atomic mass is 16.2. The molecule has 9 nitrogen and oxygen atoms in total. The second-order valence-corrected chi connectivity index (χ2v) is 6.70. The average Bonchev–Trinajstić information content (AvgIpc) is 2.76. The van der Waals surface area contributed by atoms with Gasteiger partial charge in [0.1, 0.15) is 6.54 Å². The molecule has 1 spiro atoms. The Kier molecular flexibility index (Phi) is 4.44. The molecule has 0 bridgehead atoms. The third-order valence-corrected chi connectivity index (χ3v) is 5.31. The molecule has 0 aliphatic carbocycles. The largest absolute Gasteiger partial charge is 0.356 e. The number of rotatable bonds is 2. The molecule has 0 aromatic carbocycles. The number of nitrogens with one attached hydrogen (secondary N) is 2. The standard InChI is InChI=1S/C15H23N5O4/c1-18-6-7-19(10-15(18)3-2-11(21)16-5-4-15)13(23)9-20-12(22)8-17-14(20)24/h2-10H2,1H3,(H,16,21)(H,17,24)/t15-/m1/s1. The Labute approximate surface area is 140 Å². The van der Waals surface area contributed by atoms with Gasteiger partial charge in [0.2, 0.25) is 11.8 Å². The zero-order chi connectivity index (χ0) is 17.3. The minimum atomic E-state index is -0.513. The number of piperazine rings is 1. The van der Waals surface area contributed by atoms with Crippen LogP contribution < -0.4 is 10.6 Å². The van der Waals surface area contributed by atoms with Gasteiger partial charge in [-0.3, -0.25) is 24.2 Å². The normalized spacial score (nSPS) is 28.8. The molecule has 0 aromatic rings. The Balaban J connectivity index is 1.68. The molecular formula is C15H23N5O4. The van der Waals surface area contributed by atoms with Crippen molar-refractivity contribution in [2.75, 3.05) is 46.3 Å². The Morgan fingerprint density at radius 3 is 2.67 bits per heavy atom. The van der Waals surface area contributed by atoms with Crippen molar-refractivity contribution in [1.82, 2.24) is 25.3 Å². The van der Waals surface area contributed by atoms with Crippen molar-refractivity contribution in [3.8, 4) is 0 Å². The molecule has 1 atom stereocenters. The summed E-state index contributed by atoms with van der Waals surface area (Å²) in [5.74, 6) is -0.555. The fourth-order valence-corrected chi connectivity index (χ4v) is 3.66. The first kappa shape index (κ1) is 16.7. The lowest BCUT2D eigenvalue weighted by molar-refractivity contribution is -0.140. The van der Waals surface area contributed by atoms with E-state index in [0.29, 0.717) is 39.0 Å². The molecule has 24 heavy (non-hydrogen) atoms. The summed E-state index contributed by atoms with van der Waals surface area (Å²) < 4.78 is 0. The zero-order valence-electron chi connectivity index (χ0n) is 13.8. The number of hydrogen-bond donors (Lipinski definition) is 2. The predicted molar refractivity (Wildman–Crippen MR) is 83.9 cm³/mol. The first-order chi connectivity index (χ1) is 11.4. The molecule has 3 aliphatic heterocycles. The summed E-state index contributed by atoms with van der Waals surface area (Å²) in [5.41, 5.74) is -0.232. The van der Waals surface area contributed by atoms with Crippen LogP contribution in [0, 0.1) is 0 Å². The minimum Gasteiger partial charge on any atom is -0.356 e. The van der Waals surface area contributed by atoms with E-state index in [4.69, 9.17) is 0 Å². The lowest BCUT2D eigenvalue weighted by Crippen LogP contribution is -2.63. The Morgan fingerprint density at radius 1 is 1.17 bits per heavy atom. The van der Waals surface area contributed by atoms with Crippen LogP contribution in [0.3, 0.4) is 0 Å². The average molecular weight is 337 g/mol. The second kappa shape index (κ2) is 6.39. The molecule has 5 amide bonds. The number of likely N-dealkylation sites (N-methyl/N-ethyl adjacent to an activating group) is 1. The van der Waals surface area contributed by atoms with Gasteiger partial charge >= 0.3 is 6.03 Å². The molecule has 3 rings (SSSR count). The van der Waals surface area contributed by atoms with E-state index in [9.17, 15) is 19.2 Å². The van der Waals surface area contributed by atoms with Gasteiger partial charge < -0.3 is 15.5 Å². The van der Waals surface area contributed by atoms with Crippen LogP contribution >= 0.6 is 0 Å². The monoisotopic (exact) mass is 337 g/mol. The molecule has 132 valence electrons. The molecule has 2 N–H and O–H groups in total. The van der Waals surface area contributed by atoms with Gasteiger partial charge in [0, 0.05) is 38.1 Å². The lowest BCUT2D eigenvalue weighted by Gasteiger charge is -2.49. The summed E-state index contributed by atoms with van der Waals surface area (Å²) in [7, 11) is 2.02. The maximum Gasteiger partial charge on any atom is 0.325 e. The van der Waals surface area contributed by atoms with Gasteiger partial charge in [-0.05, 0) is 19.9 Å². The Bertz CT molecular complexity index is 564. The second-order valence-electron chi connectivity index (χ2n) is 6.70. The van der Waals surface area contributed by atoms with Gasteiger partial charge in [0.05, 0.1) is 6.54 Å². The van der Waals surface area contributed by atoms with E-state index in [0.717, 1.165) is 11.3 Å². The number of imide groups is 1. The van der Waals surface area contributed by atoms with E-state index >= 15 is 0 Å². The van der Waals surface area contributed by atoms with Crippen molar-refractivity contribution >= 4 is 23.8 Å².